The maximum absolute atomic E-state index is 12.1. The van der Waals surface area contributed by atoms with Gasteiger partial charge in [-0.15, -0.1) is 0 Å². The van der Waals surface area contributed by atoms with Gasteiger partial charge in [0.2, 0.25) is 0 Å². The fourth-order valence-corrected chi connectivity index (χ4v) is 2.91. The van der Waals surface area contributed by atoms with Gasteiger partial charge in [-0.1, -0.05) is 17.4 Å². The van der Waals surface area contributed by atoms with Crippen LogP contribution in [0.2, 0.25) is 0 Å². The van der Waals surface area contributed by atoms with E-state index in [0.717, 1.165) is 23.8 Å². The van der Waals surface area contributed by atoms with E-state index in [4.69, 9.17) is 0 Å². The predicted molar refractivity (Wildman–Crippen MR) is 84.2 cm³/mol. The van der Waals surface area contributed by atoms with E-state index in [-0.39, 0.29) is 5.91 Å². The Balaban J connectivity index is 1.69. The molecule has 0 unspecified atom stereocenters. The van der Waals surface area contributed by atoms with Crippen LogP contribution in [0.15, 0.2) is 18.2 Å². The molecule has 21 heavy (non-hydrogen) atoms. The summed E-state index contributed by atoms with van der Waals surface area (Å²) in [7, 11) is 0. The maximum atomic E-state index is 12.1. The molecule has 0 atom stereocenters. The summed E-state index contributed by atoms with van der Waals surface area (Å²) < 4.78 is 0. The lowest BCUT2D eigenvalue weighted by molar-refractivity contribution is 0.0955. The lowest BCUT2D eigenvalue weighted by atomic mass is 10.3. The minimum Gasteiger partial charge on any atom is -0.351 e. The molecule has 1 fully saturated rings. The van der Waals surface area contributed by atoms with E-state index in [2.05, 4.69) is 20.6 Å². The summed E-state index contributed by atoms with van der Waals surface area (Å²) in [5, 5.41) is 6.83. The Hall–Kier alpha value is -1.95. The first kappa shape index (κ1) is 14.0. The van der Waals surface area contributed by atoms with Gasteiger partial charge in [0.05, 0.1) is 5.69 Å². The monoisotopic (exact) mass is 302 g/mol. The first-order valence-corrected chi connectivity index (χ1v) is 7.90. The number of aromatic nitrogens is 2. The second-order valence-electron chi connectivity index (χ2n) is 5.38. The van der Waals surface area contributed by atoms with Gasteiger partial charge >= 0.3 is 0 Å². The third-order valence-electron chi connectivity index (χ3n) is 3.37. The van der Waals surface area contributed by atoms with Crippen LogP contribution in [0.3, 0.4) is 0 Å². The summed E-state index contributed by atoms with van der Waals surface area (Å²) >= 11 is 1.37. The number of aryl methyl sites for hydroxylation is 2. The number of carbonyl (C=O) groups excluding carboxylic acids is 1. The third-order valence-corrected chi connectivity index (χ3v) is 4.45. The SMILES string of the molecule is Cc1cccc(Nc2nc(C)c(C(=O)NCC3CC3)s2)n1. The third kappa shape index (κ3) is 3.58. The molecule has 0 aromatic carbocycles. The first-order chi connectivity index (χ1) is 10.1. The van der Waals surface area contributed by atoms with Crippen molar-refractivity contribution in [1.82, 2.24) is 15.3 Å². The number of pyridine rings is 1. The lowest BCUT2D eigenvalue weighted by Gasteiger charge is -2.02. The number of hydrogen-bond donors (Lipinski definition) is 2. The van der Waals surface area contributed by atoms with Gasteiger partial charge in [0.1, 0.15) is 10.7 Å². The molecule has 5 nitrogen and oxygen atoms in total. The van der Waals surface area contributed by atoms with Gasteiger partial charge in [0.15, 0.2) is 5.13 Å². The van der Waals surface area contributed by atoms with E-state index in [9.17, 15) is 4.79 Å². The molecule has 0 spiro atoms. The molecule has 2 heterocycles. The van der Waals surface area contributed by atoms with Crippen molar-refractivity contribution in [2.75, 3.05) is 11.9 Å². The van der Waals surface area contributed by atoms with Gasteiger partial charge in [0, 0.05) is 12.2 Å². The van der Waals surface area contributed by atoms with Gasteiger partial charge in [0.25, 0.3) is 5.91 Å². The normalized spacial score (nSPS) is 14.0. The van der Waals surface area contributed by atoms with E-state index >= 15 is 0 Å². The van der Waals surface area contributed by atoms with Crippen molar-refractivity contribution in [3.8, 4) is 0 Å². The van der Waals surface area contributed by atoms with Crippen LogP contribution in [0.1, 0.15) is 33.9 Å². The van der Waals surface area contributed by atoms with Gasteiger partial charge in [-0.05, 0) is 44.7 Å². The number of anilines is 2. The number of hydrogen-bond acceptors (Lipinski definition) is 5. The Morgan fingerprint density at radius 1 is 1.33 bits per heavy atom. The van der Waals surface area contributed by atoms with Crippen LogP contribution in [0.25, 0.3) is 0 Å². The standard InChI is InChI=1S/C15H18N4OS/c1-9-4-3-5-12(17-9)19-15-18-10(2)13(21-15)14(20)16-8-11-6-7-11/h3-5,11H,6-8H2,1-2H3,(H,16,20)(H,17,18,19). The summed E-state index contributed by atoms with van der Waals surface area (Å²) in [5.74, 6) is 1.40. The van der Waals surface area contributed by atoms with E-state index in [1.807, 2.05) is 32.0 Å². The molecule has 1 saturated carbocycles. The molecule has 3 rings (SSSR count). The molecular formula is C15H18N4OS. The van der Waals surface area contributed by atoms with Gasteiger partial charge in [-0.3, -0.25) is 4.79 Å². The lowest BCUT2D eigenvalue weighted by Crippen LogP contribution is -2.25. The van der Waals surface area contributed by atoms with Gasteiger partial charge in [-0.2, -0.15) is 0 Å². The average molecular weight is 302 g/mol. The van der Waals surface area contributed by atoms with Crippen molar-refractivity contribution in [2.45, 2.75) is 26.7 Å². The van der Waals surface area contributed by atoms with Crippen LogP contribution in [0.4, 0.5) is 10.9 Å². The summed E-state index contributed by atoms with van der Waals surface area (Å²) in [5.41, 5.74) is 1.69. The zero-order valence-electron chi connectivity index (χ0n) is 12.1. The zero-order chi connectivity index (χ0) is 14.8. The number of amides is 1. The quantitative estimate of drug-likeness (QED) is 0.891. The molecule has 0 bridgehead atoms. The Morgan fingerprint density at radius 3 is 2.86 bits per heavy atom. The Morgan fingerprint density at radius 2 is 2.14 bits per heavy atom. The molecule has 6 heteroatoms. The second kappa shape index (κ2) is 5.81. The van der Waals surface area contributed by atoms with E-state index in [1.165, 1.54) is 24.2 Å². The van der Waals surface area contributed by atoms with Crippen LogP contribution in [-0.4, -0.2) is 22.4 Å². The predicted octanol–water partition coefficient (Wildman–Crippen LogP) is 3.04. The molecule has 110 valence electrons. The van der Waals surface area contributed by atoms with Crippen molar-refractivity contribution < 1.29 is 4.79 Å². The molecule has 1 aliphatic rings. The zero-order valence-corrected chi connectivity index (χ0v) is 13.0. The Kier molecular flexibility index (Phi) is 3.88. The fraction of sp³-hybridized carbons (Fsp3) is 0.400. The highest BCUT2D eigenvalue weighted by Crippen LogP contribution is 2.28. The molecule has 1 aliphatic carbocycles. The summed E-state index contributed by atoms with van der Waals surface area (Å²) in [6.07, 6.45) is 2.46. The fourth-order valence-electron chi connectivity index (χ4n) is 2.02. The maximum Gasteiger partial charge on any atom is 0.263 e. The largest absolute Gasteiger partial charge is 0.351 e. The van der Waals surface area contributed by atoms with Crippen molar-refractivity contribution in [3.63, 3.8) is 0 Å². The van der Waals surface area contributed by atoms with E-state index < -0.39 is 0 Å². The number of nitrogens with zero attached hydrogens (tertiary/aromatic N) is 2. The van der Waals surface area contributed by atoms with Crippen molar-refractivity contribution in [3.05, 3.63) is 34.5 Å². The van der Waals surface area contributed by atoms with Gasteiger partial charge < -0.3 is 10.6 Å². The number of nitrogens with one attached hydrogen (secondary N) is 2. The highest BCUT2D eigenvalue weighted by atomic mass is 32.1. The highest BCUT2D eigenvalue weighted by molar-refractivity contribution is 7.17. The van der Waals surface area contributed by atoms with E-state index in [0.29, 0.717) is 15.9 Å². The van der Waals surface area contributed by atoms with Crippen molar-refractivity contribution >= 4 is 28.2 Å². The average Bonchev–Trinajstić information content (AvgIpc) is 3.20. The number of rotatable bonds is 5. The number of carbonyl (C=O) groups is 1. The summed E-state index contributed by atoms with van der Waals surface area (Å²) in [6, 6.07) is 5.76. The topological polar surface area (TPSA) is 66.9 Å². The van der Waals surface area contributed by atoms with Crippen LogP contribution in [0, 0.1) is 19.8 Å². The summed E-state index contributed by atoms with van der Waals surface area (Å²) in [6.45, 7) is 4.57. The van der Waals surface area contributed by atoms with Crippen LogP contribution in [-0.2, 0) is 0 Å². The first-order valence-electron chi connectivity index (χ1n) is 7.08. The van der Waals surface area contributed by atoms with Crippen molar-refractivity contribution in [1.29, 1.82) is 0 Å². The Labute approximate surface area is 127 Å². The molecule has 0 saturated heterocycles. The molecule has 2 N–H and O–H groups in total. The summed E-state index contributed by atoms with van der Waals surface area (Å²) in [4.78, 5) is 21.6. The van der Waals surface area contributed by atoms with Crippen LogP contribution in [0.5, 0.6) is 0 Å². The van der Waals surface area contributed by atoms with Crippen LogP contribution < -0.4 is 10.6 Å². The molecule has 0 aliphatic heterocycles. The van der Waals surface area contributed by atoms with Crippen molar-refractivity contribution in [2.24, 2.45) is 5.92 Å². The minimum atomic E-state index is -0.0258. The molecule has 2 aromatic heterocycles. The van der Waals surface area contributed by atoms with E-state index in [1.54, 1.807) is 0 Å². The number of thiazole rings is 1. The molecule has 1 amide bonds. The Bertz CT molecular complexity index is 663. The molecule has 0 radical (unpaired) electrons. The highest BCUT2D eigenvalue weighted by Gasteiger charge is 2.23. The second-order valence-corrected chi connectivity index (χ2v) is 6.38. The molecular weight excluding hydrogens is 284 g/mol. The van der Waals surface area contributed by atoms with Crippen LogP contribution >= 0.6 is 11.3 Å². The smallest absolute Gasteiger partial charge is 0.263 e. The minimum absolute atomic E-state index is 0.0258. The molecule has 2 aromatic rings. The van der Waals surface area contributed by atoms with Gasteiger partial charge in [-0.25, -0.2) is 9.97 Å².